The monoisotopic (exact) mass is 227 g/mol. The van der Waals surface area contributed by atoms with Gasteiger partial charge in [0, 0.05) is 0 Å². The Hall–Kier alpha value is -0.300. The van der Waals surface area contributed by atoms with Crippen molar-refractivity contribution in [2.45, 2.75) is 60.3 Å². The van der Waals surface area contributed by atoms with Crippen molar-refractivity contribution in [1.82, 2.24) is 4.90 Å². The zero-order valence-corrected chi connectivity index (χ0v) is 12.9. The highest BCUT2D eigenvalue weighted by molar-refractivity contribution is 5.15. The van der Waals surface area contributed by atoms with Crippen molar-refractivity contribution >= 4 is 0 Å². The van der Waals surface area contributed by atoms with Gasteiger partial charge in [-0.05, 0) is 52.2 Å². The summed E-state index contributed by atoms with van der Waals surface area (Å²) in [7, 11) is 6.00. The number of rotatable bonds is 1. The van der Waals surface area contributed by atoms with Gasteiger partial charge in [-0.25, -0.2) is 0 Å². The molecule has 0 unspecified atom stereocenters. The average Bonchev–Trinajstić information content (AvgIpc) is 2.49. The van der Waals surface area contributed by atoms with E-state index in [0.29, 0.717) is 5.41 Å². The van der Waals surface area contributed by atoms with E-state index in [1.165, 1.54) is 25.7 Å². The summed E-state index contributed by atoms with van der Waals surface area (Å²) in [6.07, 6.45) is 7.75. The molecule has 1 fully saturated rings. The van der Waals surface area contributed by atoms with Crippen molar-refractivity contribution in [2.75, 3.05) is 21.1 Å². The highest BCUT2D eigenvalue weighted by Crippen LogP contribution is 2.41. The topological polar surface area (TPSA) is 3.24 Å². The van der Waals surface area contributed by atoms with E-state index < -0.39 is 0 Å². The van der Waals surface area contributed by atoms with Crippen LogP contribution in [0.15, 0.2) is 11.6 Å². The molecule has 0 saturated heterocycles. The van der Waals surface area contributed by atoms with E-state index in [9.17, 15) is 0 Å². The Morgan fingerprint density at radius 2 is 1.62 bits per heavy atom. The summed E-state index contributed by atoms with van der Waals surface area (Å²) in [5.74, 6) is 0. The number of nitrogens with zero attached hydrogens (tertiary/aromatic N) is 1. The molecule has 0 radical (unpaired) electrons. The molecule has 0 heterocycles. The molecule has 0 aliphatic heterocycles. The van der Waals surface area contributed by atoms with Crippen LogP contribution in [-0.2, 0) is 0 Å². The average molecular weight is 227 g/mol. The van der Waals surface area contributed by atoms with E-state index in [2.05, 4.69) is 26.8 Å². The fraction of sp³-hybridized carbons (Fsp3) is 0.867. The van der Waals surface area contributed by atoms with Crippen LogP contribution in [-0.4, -0.2) is 26.0 Å². The molecule has 0 aromatic rings. The zero-order chi connectivity index (χ0) is 13.2. The first kappa shape index (κ1) is 18.1. The van der Waals surface area contributed by atoms with Crippen LogP contribution >= 0.6 is 0 Å². The summed E-state index contributed by atoms with van der Waals surface area (Å²) >= 11 is 0. The molecule has 0 N–H and O–H groups in total. The first-order chi connectivity index (χ1) is 7.40. The molecule has 1 saturated carbocycles. The summed E-state index contributed by atoms with van der Waals surface area (Å²) in [5.41, 5.74) is 2.21. The van der Waals surface area contributed by atoms with Crippen molar-refractivity contribution in [3.63, 3.8) is 0 Å². The predicted molar refractivity (Wildman–Crippen MR) is 77.0 cm³/mol. The minimum atomic E-state index is 0.524. The number of allylic oxidation sites excluding steroid dienone is 2. The molecule has 0 aromatic heterocycles. The summed E-state index contributed by atoms with van der Waals surface area (Å²) < 4.78 is 0. The van der Waals surface area contributed by atoms with Crippen molar-refractivity contribution < 1.29 is 0 Å². The van der Waals surface area contributed by atoms with Gasteiger partial charge in [0.25, 0.3) is 0 Å². The molecule has 1 nitrogen and oxygen atoms in total. The summed E-state index contributed by atoms with van der Waals surface area (Å²) in [6.45, 7) is 10.9. The van der Waals surface area contributed by atoms with Crippen LogP contribution in [0.1, 0.15) is 60.3 Å². The van der Waals surface area contributed by atoms with Crippen LogP contribution in [0, 0.1) is 5.41 Å². The third-order valence-electron chi connectivity index (χ3n) is 2.57. The maximum atomic E-state index is 2.41. The lowest BCUT2D eigenvalue weighted by Crippen LogP contribution is -2.06. The Morgan fingerprint density at radius 3 is 1.88 bits per heavy atom. The molecule has 0 spiro atoms. The molecule has 1 rings (SSSR count). The number of hydrogen-bond acceptors (Lipinski definition) is 1. The second-order valence-electron chi connectivity index (χ2n) is 5.22. The predicted octanol–water partition coefficient (Wildman–Crippen LogP) is 4.74. The Labute approximate surface area is 104 Å². The molecule has 0 aromatic carbocycles. The minimum absolute atomic E-state index is 0.524. The second-order valence-corrected chi connectivity index (χ2v) is 5.22. The van der Waals surface area contributed by atoms with Gasteiger partial charge in [-0.2, -0.15) is 0 Å². The molecule has 0 bridgehead atoms. The van der Waals surface area contributed by atoms with E-state index >= 15 is 0 Å². The fourth-order valence-electron chi connectivity index (χ4n) is 1.84. The molecule has 1 heteroatoms. The molecular weight excluding hydrogens is 194 g/mol. The molecular formula is C15H33N. The maximum Gasteiger partial charge on any atom is -0.0140 e. The second kappa shape index (κ2) is 9.89. The number of hydrogen-bond donors (Lipinski definition) is 0. The standard InChI is InChI=1S/C10H18.C3H9N.C2H6/c1-4-6-9-7-5-8-10(9,2)3;1-4(2)3;1-2/h6H,4-5,7-8H2,1-3H3;1-3H3;1-2H3/b9-6-;;. The van der Waals surface area contributed by atoms with Crippen molar-refractivity contribution in [3.05, 3.63) is 11.6 Å². The Balaban J connectivity index is 0. The van der Waals surface area contributed by atoms with Crippen LogP contribution in [0.4, 0.5) is 0 Å². The Kier molecular flexibility index (Phi) is 11.2. The van der Waals surface area contributed by atoms with Gasteiger partial charge in [-0.1, -0.05) is 46.3 Å². The van der Waals surface area contributed by atoms with Crippen LogP contribution in [0.25, 0.3) is 0 Å². The maximum absolute atomic E-state index is 2.41. The third-order valence-corrected chi connectivity index (χ3v) is 2.57. The van der Waals surface area contributed by atoms with Crippen molar-refractivity contribution in [3.8, 4) is 0 Å². The lowest BCUT2D eigenvalue weighted by atomic mass is 9.87. The molecule has 16 heavy (non-hydrogen) atoms. The van der Waals surface area contributed by atoms with Crippen molar-refractivity contribution in [2.24, 2.45) is 5.41 Å². The van der Waals surface area contributed by atoms with Gasteiger partial charge in [0.1, 0.15) is 0 Å². The largest absolute Gasteiger partial charge is 0.312 e. The Morgan fingerprint density at radius 1 is 1.19 bits per heavy atom. The van der Waals surface area contributed by atoms with Crippen LogP contribution in [0.5, 0.6) is 0 Å². The van der Waals surface area contributed by atoms with E-state index in [0.717, 1.165) is 0 Å². The highest BCUT2D eigenvalue weighted by Gasteiger charge is 2.27. The minimum Gasteiger partial charge on any atom is -0.312 e. The smallest absolute Gasteiger partial charge is 0.0140 e. The summed E-state index contributed by atoms with van der Waals surface area (Å²) in [4.78, 5) is 2.00. The van der Waals surface area contributed by atoms with Crippen LogP contribution < -0.4 is 0 Å². The zero-order valence-electron chi connectivity index (χ0n) is 12.9. The van der Waals surface area contributed by atoms with Crippen LogP contribution in [0.2, 0.25) is 0 Å². The Bertz CT molecular complexity index is 175. The highest BCUT2D eigenvalue weighted by atomic mass is 15.0. The molecule has 1 aliphatic carbocycles. The third kappa shape index (κ3) is 8.96. The van der Waals surface area contributed by atoms with Crippen molar-refractivity contribution in [1.29, 1.82) is 0 Å². The fourth-order valence-corrected chi connectivity index (χ4v) is 1.84. The van der Waals surface area contributed by atoms with Gasteiger partial charge in [0.05, 0.1) is 0 Å². The molecule has 0 amide bonds. The normalized spacial score (nSPS) is 19.9. The van der Waals surface area contributed by atoms with Gasteiger partial charge in [-0.3, -0.25) is 0 Å². The summed E-state index contributed by atoms with van der Waals surface area (Å²) in [6, 6.07) is 0. The van der Waals surface area contributed by atoms with Gasteiger partial charge >= 0.3 is 0 Å². The van der Waals surface area contributed by atoms with Gasteiger partial charge in [0.2, 0.25) is 0 Å². The first-order valence-corrected chi connectivity index (χ1v) is 6.70. The van der Waals surface area contributed by atoms with E-state index in [4.69, 9.17) is 0 Å². The first-order valence-electron chi connectivity index (χ1n) is 6.70. The van der Waals surface area contributed by atoms with E-state index in [1.54, 1.807) is 5.57 Å². The quantitative estimate of drug-likeness (QED) is 0.585. The molecule has 98 valence electrons. The molecule has 0 atom stereocenters. The van der Waals surface area contributed by atoms with Gasteiger partial charge < -0.3 is 4.90 Å². The SMILES string of the molecule is CC.CC/C=C1/CCCC1(C)C.CN(C)C. The lowest BCUT2D eigenvalue weighted by molar-refractivity contribution is 0.460. The van der Waals surface area contributed by atoms with Gasteiger partial charge in [-0.15, -0.1) is 0 Å². The molecule has 1 aliphatic rings. The van der Waals surface area contributed by atoms with E-state index in [-0.39, 0.29) is 0 Å². The lowest BCUT2D eigenvalue weighted by Gasteiger charge is -2.19. The van der Waals surface area contributed by atoms with E-state index in [1.807, 2.05) is 39.9 Å². The van der Waals surface area contributed by atoms with Crippen LogP contribution in [0.3, 0.4) is 0 Å². The summed E-state index contributed by atoms with van der Waals surface area (Å²) in [5, 5.41) is 0. The van der Waals surface area contributed by atoms with Gasteiger partial charge in [0.15, 0.2) is 0 Å².